The van der Waals surface area contributed by atoms with Crippen molar-refractivity contribution in [3.8, 4) is 12.3 Å². The molecule has 1 aromatic carbocycles. The summed E-state index contributed by atoms with van der Waals surface area (Å²) in [6.45, 7) is 1.15. The van der Waals surface area contributed by atoms with Gasteiger partial charge in [0.25, 0.3) is 0 Å². The number of nitrogens with one attached hydrogen (secondary N) is 1. The number of rotatable bonds is 3. The number of hydrogen-bond donors (Lipinski definition) is 1. The first-order valence-corrected chi connectivity index (χ1v) is 7.38. The molecule has 1 heterocycles. The average molecular weight is 305 g/mol. The molecule has 4 nitrogen and oxygen atoms in total. The Morgan fingerprint density at radius 3 is 2.71 bits per heavy atom. The van der Waals surface area contributed by atoms with E-state index in [1.165, 1.54) is 0 Å². The highest BCUT2D eigenvalue weighted by Crippen LogP contribution is 2.20. The van der Waals surface area contributed by atoms with E-state index in [-0.39, 0.29) is 23.6 Å². The van der Waals surface area contributed by atoms with E-state index in [1.54, 1.807) is 11.0 Å². The van der Waals surface area contributed by atoms with Crippen molar-refractivity contribution in [1.29, 1.82) is 0 Å². The molecule has 1 N–H and O–H groups in total. The van der Waals surface area contributed by atoms with Crippen LogP contribution in [0.4, 0.5) is 5.69 Å². The number of halogens is 1. The van der Waals surface area contributed by atoms with Crippen LogP contribution >= 0.6 is 11.6 Å². The summed E-state index contributed by atoms with van der Waals surface area (Å²) in [4.78, 5) is 25.4. The van der Waals surface area contributed by atoms with Crippen LogP contribution in [-0.4, -0.2) is 35.7 Å². The second-order valence-electron chi connectivity index (χ2n) is 5.00. The molecule has 0 radical (unpaired) electrons. The number of hydrogen-bond acceptors (Lipinski definition) is 2. The molecule has 0 spiro atoms. The third-order valence-electron chi connectivity index (χ3n) is 3.63. The maximum atomic E-state index is 12.2. The zero-order valence-electron chi connectivity index (χ0n) is 11.6. The summed E-state index contributed by atoms with van der Waals surface area (Å²) in [6.07, 6.45) is 6.65. The molecule has 21 heavy (non-hydrogen) atoms. The molecule has 0 bridgehead atoms. The van der Waals surface area contributed by atoms with Crippen LogP contribution in [-0.2, 0) is 9.59 Å². The Morgan fingerprint density at radius 1 is 1.38 bits per heavy atom. The van der Waals surface area contributed by atoms with Crippen molar-refractivity contribution in [2.24, 2.45) is 5.92 Å². The van der Waals surface area contributed by atoms with E-state index in [4.69, 9.17) is 18.0 Å². The summed E-state index contributed by atoms with van der Waals surface area (Å²) in [5, 5.41) is 2.88. The van der Waals surface area contributed by atoms with Crippen molar-refractivity contribution < 1.29 is 9.59 Å². The number of alkyl halides is 1. The van der Waals surface area contributed by atoms with Crippen molar-refractivity contribution in [3.63, 3.8) is 0 Å². The van der Waals surface area contributed by atoms with Crippen molar-refractivity contribution >= 4 is 29.1 Å². The predicted molar refractivity (Wildman–Crippen MR) is 83.0 cm³/mol. The third-order valence-corrected chi connectivity index (χ3v) is 3.86. The molecule has 2 amide bonds. The molecule has 5 heteroatoms. The van der Waals surface area contributed by atoms with Crippen LogP contribution in [0.1, 0.15) is 18.4 Å². The van der Waals surface area contributed by atoms with Gasteiger partial charge in [0.05, 0.1) is 0 Å². The van der Waals surface area contributed by atoms with E-state index < -0.39 is 0 Å². The lowest BCUT2D eigenvalue weighted by molar-refractivity contribution is -0.132. The average Bonchev–Trinajstić information content (AvgIpc) is 2.54. The van der Waals surface area contributed by atoms with Crippen LogP contribution in [0.25, 0.3) is 0 Å². The molecule has 1 aliphatic heterocycles. The summed E-state index contributed by atoms with van der Waals surface area (Å²) in [7, 11) is 0. The maximum absolute atomic E-state index is 12.2. The lowest BCUT2D eigenvalue weighted by Crippen LogP contribution is -2.42. The molecule has 0 aromatic heterocycles. The topological polar surface area (TPSA) is 49.4 Å². The van der Waals surface area contributed by atoms with Gasteiger partial charge in [-0.3, -0.25) is 9.59 Å². The van der Waals surface area contributed by atoms with Crippen molar-refractivity contribution in [1.82, 2.24) is 4.90 Å². The molecule has 0 unspecified atom stereocenters. The van der Waals surface area contributed by atoms with Gasteiger partial charge in [0.15, 0.2) is 0 Å². The molecule has 0 aliphatic carbocycles. The number of anilines is 1. The van der Waals surface area contributed by atoms with E-state index in [9.17, 15) is 9.59 Å². The molecular formula is C16H17ClN2O2. The van der Waals surface area contributed by atoms with Crippen molar-refractivity contribution in [2.75, 3.05) is 24.3 Å². The standard InChI is InChI=1S/C16H17ClN2O2/c1-2-12-4-3-5-14(10-12)18-16(21)13-6-8-19(9-7-13)15(20)11-17/h1,3-5,10,13H,6-9,11H2,(H,18,21). The number of terminal acetylenes is 1. The minimum atomic E-state index is -0.0844. The molecule has 0 saturated carbocycles. The number of likely N-dealkylation sites (tertiary alicyclic amines) is 1. The van der Waals surface area contributed by atoms with Crippen LogP contribution in [0, 0.1) is 18.3 Å². The second-order valence-corrected chi connectivity index (χ2v) is 5.27. The van der Waals surface area contributed by atoms with Crippen LogP contribution in [0.2, 0.25) is 0 Å². The summed E-state index contributed by atoms with van der Waals surface area (Å²) in [6, 6.07) is 7.20. The van der Waals surface area contributed by atoms with Gasteiger partial charge in [-0.25, -0.2) is 0 Å². The van der Waals surface area contributed by atoms with Crippen LogP contribution in [0.15, 0.2) is 24.3 Å². The monoisotopic (exact) mass is 304 g/mol. The van der Waals surface area contributed by atoms with Gasteiger partial charge in [-0.1, -0.05) is 12.0 Å². The van der Waals surface area contributed by atoms with E-state index in [0.29, 0.717) is 31.6 Å². The van der Waals surface area contributed by atoms with Gasteiger partial charge < -0.3 is 10.2 Å². The Balaban J connectivity index is 1.90. The Morgan fingerprint density at radius 2 is 2.10 bits per heavy atom. The molecule has 1 fully saturated rings. The Bertz CT molecular complexity index is 572. The van der Waals surface area contributed by atoms with E-state index in [1.807, 2.05) is 18.2 Å². The fourth-order valence-corrected chi connectivity index (χ4v) is 2.58. The highest BCUT2D eigenvalue weighted by molar-refractivity contribution is 6.27. The maximum Gasteiger partial charge on any atom is 0.237 e. The lowest BCUT2D eigenvalue weighted by Gasteiger charge is -2.30. The number of nitrogens with zero attached hydrogens (tertiary/aromatic N) is 1. The van der Waals surface area contributed by atoms with Gasteiger partial charge in [0, 0.05) is 30.3 Å². The number of benzene rings is 1. The molecule has 1 aromatic rings. The van der Waals surface area contributed by atoms with Crippen LogP contribution < -0.4 is 5.32 Å². The lowest BCUT2D eigenvalue weighted by atomic mass is 9.95. The number of carbonyl (C=O) groups excluding carboxylic acids is 2. The summed E-state index contributed by atoms with van der Waals surface area (Å²) in [5.41, 5.74) is 1.44. The minimum absolute atomic E-state index is 0.00422. The number of piperidine rings is 1. The Kier molecular flexibility index (Phi) is 5.24. The van der Waals surface area contributed by atoms with Crippen LogP contribution in [0.5, 0.6) is 0 Å². The molecule has 110 valence electrons. The minimum Gasteiger partial charge on any atom is -0.342 e. The summed E-state index contributed by atoms with van der Waals surface area (Å²) < 4.78 is 0. The number of amides is 2. The first-order valence-electron chi connectivity index (χ1n) is 6.85. The van der Waals surface area contributed by atoms with Gasteiger partial charge in [-0.05, 0) is 31.0 Å². The molecule has 2 rings (SSSR count). The van der Waals surface area contributed by atoms with Gasteiger partial charge >= 0.3 is 0 Å². The molecule has 1 aliphatic rings. The normalized spacial score (nSPS) is 15.3. The predicted octanol–water partition coefficient (Wildman–Crippen LogP) is 2.08. The highest BCUT2D eigenvalue weighted by Gasteiger charge is 2.26. The van der Waals surface area contributed by atoms with E-state index >= 15 is 0 Å². The summed E-state index contributed by atoms with van der Waals surface area (Å²) in [5.74, 6) is 2.35. The first kappa shape index (κ1) is 15.4. The largest absolute Gasteiger partial charge is 0.342 e. The molecule has 0 atom stereocenters. The van der Waals surface area contributed by atoms with Gasteiger partial charge in [0.2, 0.25) is 11.8 Å². The first-order chi connectivity index (χ1) is 10.1. The smallest absolute Gasteiger partial charge is 0.237 e. The number of carbonyl (C=O) groups is 2. The molecular weight excluding hydrogens is 288 g/mol. The Hall–Kier alpha value is -1.99. The summed E-state index contributed by atoms with van der Waals surface area (Å²) >= 11 is 5.53. The van der Waals surface area contributed by atoms with E-state index in [0.717, 1.165) is 5.56 Å². The zero-order chi connectivity index (χ0) is 15.2. The van der Waals surface area contributed by atoms with Crippen molar-refractivity contribution in [2.45, 2.75) is 12.8 Å². The SMILES string of the molecule is C#Cc1cccc(NC(=O)C2CCN(C(=O)CCl)CC2)c1. The quantitative estimate of drug-likeness (QED) is 0.686. The second kappa shape index (κ2) is 7.14. The third kappa shape index (κ3) is 3.99. The fourth-order valence-electron chi connectivity index (χ4n) is 2.41. The van der Waals surface area contributed by atoms with Gasteiger partial charge in [-0.15, -0.1) is 18.0 Å². The zero-order valence-corrected chi connectivity index (χ0v) is 12.4. The highest BCUT2D eigenvalue weighted by atomic mass is 35.5. The van der Waals surface area contributed by atoms with Gasteiger partial charge in [0.1, 0.15) is 5.88 Å². The van der Waals surface area contributed by atoms with Crippen LogP contribution in [0.3, 0.4) is 0 Å². The fraction of sp³-hybridized carbons (Fsp3) is 0.375. The van der Waals surface area contributed by atoms with Gasteiger partial charge in [-0.2, -0.15) is 0 Å². The molecule has 1 saturated heterocycles. The van der Waals surface area contributed by atoms with Crippen molar-refractivity contribution in [3.05, 3.63) is 29.8 Å². The Labute approximate surface area is 129 Å². The van der Waals surface area contributed by atoms with E-state index in [2.05, 4.69) is 11.2 Å².